The predicted octanol–water partition coefficient (Wildman–Crippen LogP) is 3.25. The van der Waals surface area contributed by atoms with Crippen molar-refractivity contribution < 1.29 is 4.79 Å². The van der Waals surface area contributed by atoms with Crippen molar-refractivity contribution in [1.29, 1.82) is 0 Å². The van der Waals surface area contributed by atoms with Crippen LogP contribution < -0.4 is 4.90 Å². The molecule has 0 aromatic heterocycles. The topological polar surface area (TPSA) is 20.3 Å². The molecule has 0 spiro atoms. The Morgan fingerprint density at radius 3 is 2.80 bits per heavy atom. The number of hydrogen-bond donors (Lipinski definition) is 0. The smallest absolute Gasteiger partial charge is 0.166 e. The molecule has 2 nitrogen and oxygen atoms in total. The number of halogens is 1. The zero-order chi connectivity index (χ0) is 11.0. The minimum atomic E-state index is 0.259. The molecule has 1 heterocycles. The summed E-state index contributed by atoms with van der Waals surface area (Å²) < 4.78 is 1.03. The van der Waals surface area contributed by atoms with E-state index in [2.05, 4.69) is 34.7 Å². The van der Waals surface area contributed by atoms with Crippen LogP contribution in [0.3, 0.4) is 0 Å². The van der Waals surface area contributed by atoms with Gasteiger partial charge in [0.25, 0.3) is 0 Å². The molecule has 1 aliphatic heterocycles. The molecule has 0 aliphatic carbocycles. The Morgan fingerprint density at radius 2 is 2.13 bits per heavy atom. The number of anilines is 1. The second-order valence-corrected chi connectivity index (χ2v) is 5.04. The third kappa shape index (κ3) is 1.93. The Morgan fingerprint density at radius 1 is 1.40 bits per heavy atom. The highest BCUT2D eigenvalue weighted by atomic mass is 79.9. The Kier molecular flexibility index (Phi) is 2.83. The fourth-order valence-electron chi connectivity index (χ4n) is 1.99. The lowest BCUT2D eigenvalue weighted by Crippen LogP contribution is -2.37. The molecule has 0 radical (unpaired) electrons. The average molecular weight is 268 g/mol. The lowest BCUT2D eigenvalue weighted by Gasteiger charge is -2.34. The summed E-state index contributed by atoms with van der Waals surface area (Å²) in [6.45, 7) is 5.14. The van der Waals surface area contributed by atoms with Crippen molar-refractivity contribution in [2.24, 2.45) is 0 Å². The van der Waals surface area contributed by atoms with E-state index < -0.39 is 0 Å². The first-order valence-electron chi connectivity index (χ1n) is 5.19. The summed E-state index contributed by atoms with van der Waals surface area (Å²) in [7, 11) is 0. The highest BCUT2D eigenvalue weighted by Gasteiger charge is 2.24. The number of rotatable bonds is 1. The zero-order valence-electron chi connectivity index (χ0n) is 8.96. The van der Waals surface area contributed by atoms with Crippen LogP contribution in [0.25, 0.3) is 0 Å². The first kappa shape index (κ1) is 10.7. The SMILES string of the molecule is CC(C)N1CCC(=O)c2ccc(Br)cc21. The van der Waals surface area contributed by atoms with E-state index in [0.29, 0.717) is 12.5 Å². The predicted molar refractivity (Wildman–Crippen MR) is 65.6 cm³/mol. The van der Waals surface area contributed by atoms with Gasteiger partial charge in [0.2, 0.25) is 0 Å². The molecule has 15 heavy (non-hydrogen) atoms. The third-order valence-electron chi connectivity index (χ3n) is 2.77. The number of benzene rings is 1. The van der Waals surface area contributed by atoms with Crippen LogP contribution in [0.1, 0.15) is 30.6 Å². The van der Waals surface area contributed by atoms with Crippen molar-refractivity contribution in [3.63, 3.8) is 0 Å². The third-order valence-corrected chi connectivity index (χ3v) is 3.27. The van der Waals surface area contributed by atoms with Gasteiger partial charge in [-0.25, -0.2) is 0 Å². The number of carbonyl (C=O) groups excluding carboxylic acids is 1. The molecule has 1 aliphatic rings. The Bertz CT molecular complexity index is 401. The van der Waals surface area contributed by atoms with E-state index in [-0.39, 0.29) is 5.78 Å². The minimum Gasteiger partial charge on any atom is -0.368 e. The fourth-order valence-corrected chi connectivity index (χ4v) is 2.34. The van der Waals surface area contributed by atoms with Crippen LogP contribution in [0.15, 0.2) is 22.7 Å². The van der Waals surface area contributed by atoms with Crippen LogP contribution in [0, 0.1) is 0 Å². The van der Waals surface area contributed by atoms with Gasteiger partial charge >= 0.3 is 0 Å². The van der Waals surface area contributed by atoms with Crippen LogP contribution >= 0.6 is 15.9 Å². The number of Topliss-reactive ketones (excluding diaryl/α,β-unsaturated/α-hetero) is 1. The van der Waals surface area contributed by atoms with Crippen LogP contribution in [-0.2, 0) is 0 Å². The van der Waals surface area contributed by atoms with Crippen molar-refractivity contribution in [3.8, 4) is 0 Å². The molecule has 3 heteroatoms. The molecule has 0 saturated heterocycles. The second kappa shape index (κ2) is 3.97. The standard InChI is InChI=1S/C12H14BrNO/c1-8(2)14-6-5-12(15)10-4-3-9(13)7-11(10)14/h3-4,7-8H,5-6H2,1-2H3. The van der Waals surface area contributed by atoms with Gasteiger partial charge in [-0.05, 0) is 32.0 Å². The van der Waals surface area contributed by atoms with Crippen molar-refractivity contribution in [2.75, 3.05) is 11.4 Å². The van der Waals surface area contributed by atoms with Crippen LogP contribution in [0.5, 0.6) is 0 Å². The van der Waals surface area contributed by atoms with Crippen LogP contribution in [0.2, 0.25) is 0 Å². The van der Waals surface area contributed by atoms with Gasteiger partial charge in [0.1, 0.15) is 0 Å². The number of nitrogens with zero attached hydrogens (tertiary/aromatic N) is 1. The maximum atomic E-state index is 11.7. The Labute approximate surface area is 98.4 Å². The molecular formula is C12H14BrNO. The maximum Gasteiger partial charge on any atom is 0.166 e. The summed E-state index contributed by atoms with van der Waals surface area (Å²) >= 11 is 3.45. The number of fused-ring (bicyclic) bond motifs is 1. The molecule has 1 aromatic carbocycles. The molecule has 0 fully saturated rings. The quantitative estimate of drug-likeness (QED) is 0.779. The molecule has 0 bridgehead atoms. The minimum absolute atomic E-state index is 0.259. The van der Waals surface area contributed by atoms with Gasteiger partial charge in [0.15, 0.2) is 5.78 Å². The van der Waals surface area contributed by atoms with Crippen molar-refractivity contribution in [1.82, 2.24) is 0 Å². The van der Waals surface area contributed by atoms with E-state index in [9.17, 15) is 4.79 Å². The zero-order valence-corrected chi connectivity index (χ0v) is 10.5. The van der Waals surface area contributed by atoms with E-state index in [1.54, 1.807) is 0 Å². The number of hydrogen-bond acceptors (Lipinski definition) is 2. The molecule has 0 amide bonds. The van der Waals surface area contributed by atoms with Crippen molar-refractivity contribution in [2.45, 2.75) is 26.3 Å². The van der Waals surface area contributed by atoms with E-state index >= 15 is 0 Å². The summed E-state index contributed by atoms with van der Waals surface area (Å²) in [5, 5.41) is 0. The normalized spacial score (nSPS) is 15.7. The highest BCUT2D eigenvalue weighted by Crippen LogP contribution is 2.31. The summed E-state index contributed by atoms with van der Waals surface area (Å²) in [5.41, 5.74) is 1.92. The van der Waals surface area contributed by atoms with Crippen LogP contribution in [-0.4, -0.2) is 18.4 Å². The van der Waals surface area contributed by atoms with Crippen molar-refractivity contribution >= 4 is 27.4 Å². The van der Waals surface area contributed by atoms with E-state index in [1.807, 2.05) is 18.2 Å². The molecule has 80 valence electrons. The maximum absolute atomic E-state index is 11.7. The lowest BCUT2D eigenvalue weighted by atomic mass is 9.99. The second-order valence-electron chi connectivity index (χ2n) is 4.12. The van der Waals surface area contributed by atoms with Crippen LogP contribution in [0.4, 0.5) is 5.69 Å². The summed E-state index contributed by atoms with van der Waals surface area (Å²) in [4.78, 5) is 14.0. The molecule has 0 N–H and O–H groups in total. The molecule has 2 rings (SSSR count). The molecule has 0 unspecified atom stereocenters. The van der Waals surface area contributed by atoms with Gasteiger partial charge < -0.3 is 4.90 Å². The molecule has 1 aromatic rings. The number of carbonyl (C=O) groups is 1. The van der Waals surface area contributed by atoms with Gasteiger partial charge in [-0.2, -0.15) is 0 Å². The highest BCUT2D eigenvalue weighted by molar-refractivity contribution is 9.10. The van der Waals surface area contributed by atoms with E-state index in [0.717, 1.165) is 22.3 Å². The number of ketones is 1. The monoisotopic (exact) mass is 267 g/mol. The fraction of sp³-hybridized carbons (Fsp3) is 0.417. The Hall–Kier alpha value is -0.830. The van der Waals surface area contributed by atoms with Gasteiger partial charge in [0.05, 0.1) is 0 Å². The first-order valence-corrected chi connectivity index (χ1v) is 5.98. The van der Waals surface area contributed by atoms with Crippen molar-refractivity contribution in [3.05, 3.63) is 28.2 Å². The van der Waals surface area contributed by atoms with Gasteiger partial charge in [0, 0.05) is 34.7 Å². The van der Waals surface area contributed by atoms with E-state index in [4.69, 9.17) is 0 Å². The molecule has 0 atom stereocenters. The van der Waals surface area contributed by atoms with Gasteiger partial charge in [-0.15, -0.1) is 0 Å². The summed E-state index contributed by atoms with van der Waals surface area (Å²) in [6, 6.07) is 6.31. The summed E-state index contributed by atoms with van der Waals surface area (Å²) in [5.74, 6) is 0.259. The largest absolute Gasteiger partial charge is 0.368 e. The molecule has 0 saturated carbocycles. The van der Waals surface area contributed by atoms with E-state index in [1.165, 1.54) is 0 Å². The average Bonchev–Trinajstić information content (AvgIpc) is 2.17. The van der Waals surface area contributed by atoms with Gasteiger partial charge in [-0.1, -0.05) is 15.9 Å². The lowest BCUT2D eigenvalue weighted by molar-refractivity contribution is 0.0979. The molecular weight excluding hydrogens is 254 g/mol. The van der Waals surface area contributed by atoms with Gasteiger partial charge in [-0.3, -0.25) is 4.79 Å². The first-order chi connectivity index (χ1) is 7.09. The Balaban J connectivity index is 2.51. The summed E-state index contributed by atoms with van der Waals surface area (Å²) in [6.07, 6.45) is 0.632.